The van der Waals surface area contributed by atoms with E-state index in [1.54, 1.807) is 0 Å². The van der Waals surface area contributed by atoms with Crippen LogP contribution in [-0.2, 0) is 0 Å². The molecule has 2 heteroatoms. The van der Waals surface area contributed by atoms with Crippen LogP contribution in [0.15, 0.2) is 140 Å². The van der Waals surface area contributed by atoms with Crippen LogP contribution < -0.4 is 27.2 Å². The Morgan fingerprint density at radius 3 is 0.912 bits per heavy atom. The minimum Gasteiger partial charge on any atom is -0.195 e. The van der Waals surface area contributed by atoms with Gasteiger partial charge >= 0.3 is 0 Å². The lowest BCUT2D eigenvalue weighted by Gasteiger charge is -2.44. The number of hydrogen-bond donors (Lipinski definition) is 0. The molecule has 1 atom stereocenters. The van der Waals surface area contributed by atoms with E-state index in [1.807, 2.05) is 9.24 Å². The summed E-state index contributed by atoms with van der Waals surface area (Å²) in [6.07, 6.45) is -1.22. The second-order valence-electron chi connectivity index (χ2n) is 9.00. The summed E-state index contributed by atoms with van der Waals surface area (Å²) >= 11 is 0. The molecule has 1 unspecified atom stereocenters. The molecule has 5 aromatic rings. The van der Waals surface area contributed by atoms with Crippen LogP contribution in [0, 0.1) is 13.8 Å². The fourth-order valence-electron chi connectivity index (χ4n) is 5.19. The van der Waals surface area contributed by atoms with Crippen molar-refractivity contribution in [3.63, 3.8) is 0 Å². The van der Waals surface area contributed by atoms with Crippen LogP contribution in [0.25, 0.3) is 0 Å². The summed E-state index contributed by atoms with van der Waals surface area (Å²) in [4.78, 5) is 0. The molecule has 0 saturated carbocycles. The van der Waals surface area contributed by atoms with Crippen molar-refractivity contribution < 1.29 is 0 Å². The molecule has 168 valence electrons. The highest BCUT2D eigenvalue weighted by atomic mass is 31.0. The van der Waals surface area contributed by atoms with Crippen molar-refractivity contribution in [2.24, 2.45) is 0 Å². The molecule has 0 radical (unpaired) electrons. The molecule has 0 aliphatic carbocycles. The van der Waals surface area contributed by atoms with Gasteiger partial charge in [-0.25, -0.2) is 0 Å². The minimum atomic E-state index is -1.22. The van der Waals surface area contributed by atoms with Gasteiger partial charge in [-0.2, -0.15) is 21.9 Å². The second kappa shape index (κ2) is 11.1. The van der Waals surface area contributed by atoms with E-state index in [0.29, 0.717) is 0 Å². The van der Waals surface area contributed by atoms with Gasteiger partial charge in [-0.05, 0) is 37.1 Å². The summed E-state index contributed by atoms with van der Waals surface area (Å²) in [5, 5.41) is 1.38. The Morgan fingerprint density at radius 2 is 0.676 bits per heavy atom. The summed E-state index contributed by atoms with van der Waals surface area (Å²) in [6, 6.07) is 50.1. The predicted octanol–water partition coefficient (Wildman–Crippen LogP) is 4.60. The highest BCUT2D eigenvalue weighted by molar-refractivity contribution is 7.27. The molecular formula is C32H32BP. The van der Waals surface area contributed by atoms with Crippen LogP contribution in [0.5, 0.6) is 0 Å². The van der Waals surface area contributed by atoms with Gasteiger partial charge in [0.2, 0.25) is 0 Å². The van der Waals surface area contributed by atoms with E-state index in [4.69, 9.17) is 0 Å². The van der Waals surface area contributed by atoms with Gasteiger partial charge in [0.1, 0.15) is 6.15 Å². The first-order chi connectivity index (χ1) is 16.6. The fourth-order valence-corrected chi connectivity index (χ4v) is 5.83. The lowest BCUT2D eigenvalue weighted by molar-refractivity contribution is 1.41. The van der Waals surface area contributed by atoms with E-state index in [9.17, 15) is 0 Å². The molecule has 0 nitrogen and oxygen atoms in total. The van der Waals surface area contributed by atoms with Crippen molar-refractivity contribution in [1.82, 2.24) is 0 Å². The van der Waals surface area contributed by atoms with Gasteiger partial charge < -0.3 is 0 Å². The number of aryl methyl sites for hydroxylation is 2. The molecule has 5 aromatic carbocycles. The van der Waals surface area contributed by atoms with Crippen molar-refractivity contribution in [3.05, 3.63) is 151 Å². The SMILES string of the molecule is Cc1cc(C)cc([PH3+])c1.c1ccc([B-](c2ccccc2)(c2ccccc2)c2ccccc2)cc1. The third-order valence-corrected chi connectivity index (χ3v) is 6.89. The van der Waals surface area contributed by atoms with Crippen LogP contribution in [-0.4, -0.2) is 6.15 Å². The average molecular weight is 458 g/mol. The molecule has 0 saturated heterocycles. The topological polar surface area (TPSA) is 0 Å². The summed E-state index contributed by atoms with van der Waals surface area (Å²) in [5.74, 6) is 0. The molecule has 0 fully saturated rings. The minimum absolute atomic E-state index is 1.22. The molecule has 0 amide bonds. The Hall–Kier alpha value is -3.41. The first-order valence-electron chi connectivity index (χ1n) is 11.9. The van der Waals surface area contributed by atoms with E-state index in [-0.39, 0.29) is 0 Å². The largest absolute Gasteiger partial charge is 0.195 e. The van der Waals surface area contributed by atoms with E-state index in [1.165, 1.54) is 38.3 Å². The van der Waals surface area contributed by atoms with E-state index in [2.05, 4.69) is 153 Å². The Kier molecular flexibility index (Phi) is 7.78. The quantitative estimate of drug-likeness (QED) is 0.273. The van der Waals surface area contributed by atoms with Crippen LogP contribution in [0.3, 0.4) is 0 Å². The zero-order chi connectivity index (χ0) is 23.8. The Balaban J connectivity index is 0.000000257. The number of rotatable bonds is 4. The summed E-state index contributed by atoms with van der Waals surface area (Å²) in [7, 11) is 1.93. The zero-order valence-corrected chi connectivity index (χ0v) is 21.5. The maximum absolute atomic E-state index is 2.26. The standard InChI is InChI=1S/C24H20B.C8H11P/c1-5-13-21(14-6-1)25(22-15-7-2-8-16-22,23-17-9-3-10-18-23)24-19-11-4-12-20-24;1-6-3-7(2)5-8(9)4-6/h1-20H;3-5H,9H2,1-2H3/q-1;/p+1. The third kappa shape index (κ3) is 5.22. The van der Waals surface area contributed by atoms with Gasteiger partial charge in [-0.1, -0.05) is 127 Å². The molecule has 5 rings (SSSR count). The molecule has 0 N–H and O–H groups in total. The maximum atomic E-state index is 2.26. The Labute approximate surface area is 206 Å². The van der Waals surface area contributed by atoms with Gasteiger partial charge in [0, 0.05) is 9.24 Å². The molecule has 0 spiro atoms. The summed E-state index contributed by atoms with van der Waals surface area (Å²) in [5.41, 5.74) is 8.08. The van der Waals surface area contributed by atoms with Crippen molar-refractivity contribution in [3.8, 4) is 0 Å². The lowest BCUT2D eigenvalue weighted by Crippen LogP contribution is -2.74. The zero-order valence-electron chi connectivity index (χ0n) is 20.1. The van der Waals surface area contributed by atoms with Crippen molar-refractivity contribution >= 4 is 42.5 Å². The molecule has 34 heavy (non-hydrogen) atoms. The van der Waals surface area contributed by atoms with Crippen molar-refractivity contribution in [2.75, 3.05) is 0 Å². The van der Waals surface area contributed by atoms with Gasteiger partial charge in [0.15, 0.2) is 0 Å². The molecule has 0 heterocycles. The predicted molar refractivity (Wildman–Crippen MR) is 157 cm³/mol. The molecule has 0 aliphatic heterocycles. The van der Waals surface area contributed by atoms with Crippen LogP contribution >= 0.6 is 9.24 Å². The van der Waals surface area contributed by atoms with Crippen LogP contribution in [0.2, 0.25) is 0 Å². The second-order valence-corrected chi connectivity index (χ2v) is 9.82. The molecule has 0 bridgehead atoms. The van der Waals surface area contributed by atoms with E-state index >= 15 is 0 Å². The van der Waals surface area contributed by atoms with Gasteiger partial charge in [0.05, 0.1) is 5.30 Å². The van der Waals surface area contributed by atoms with Gasteiger partial charge in [-0.3, -0.25) is 0 Å². The maximum Gasteiger partial charge on any atom is 0.108 e. The highest BCUT2D eigenvalue weighted by Crippen LogP contribution is 2.09. The Morgan fingerprint density at radius 1 is 0.412 bits per heavy atom. The molecule has 0 aliphatic rings. The fraction of sp³-hybridized carbons (Fsp3) is 0.0625. The third-order valence-electron chi connectivity index (χ3n) is 6.48. The first kappa shape index (κ1) is 23.7. The van der Waals surface area contributed by atoms with Gasteiger partial charge in [0.25, 0.3) is 0 Å². The van der Waals surface area contributed by atoms with Crippen LogP contribution in [0.4, 0.5) is 0 Å². The van der Waals surface area contributed by atoms with Crippen molar-refractivity contribution in [2.45, 2.75) is 13.8 Å². The smallest absolute Gasteiger partial charge is 0.108 e. The molecular weight excluding hydrogens is 426 g/mol. The van der Waals surface area contributed by atoms with Gasteiger partial charge in [-0.15, -0.1) is 0 Å². The van der Waals surface area contributed by atoms with Crippen LogP contribution in [0.1, 0.15) is 11.1 Å². The first-order valence-corrected chi connectivity index (χ1v) is 12.6. The van der Waals surface area contributed by atoms with E-state index in [0.717, 1.165) is 0 Å². The summed E-state index contributed by atoms with van der Waals surface area (Å²) < 4.78 is 0. The lowest BCUT2D eigenvalue weighted by atomic mass is 9.13. The Bertz CT molecular complexity index is 1090. The van der Waals surface area contributed by atoms with Crippen molar-refractivity contribution in [1.29, 1.82) is 0 Å². The summed E-state index contributed by atoms with van der Waals surface area (Å²) in [6.45, 7) is 4.26. The van der Waals surface area contributed by atoms with E-state index < -0.39 is 6.15 Å². The monoisotopic (exact) mass is 458 g/mol. The normalized spacial score (nSPS) is 10.9. The molecule has 0 aromatic heterocycles. The average Bonchev–Trinajstić information content (AvgIpc) is 2.87. The number of hydrogen-bond acceptors (Lipinski definition) is 0. The number of benzene rings is 5. The highest BCUT2D eigenvalue weighted by Gasteiger charge is 2.30.